The average Bonchev–Trinajstić information content (AvgIpc) is 2.96. The summed E-state index contributed by atoms with van der Waals surface area (Å²) in [4.78, 5) is 28.6. The topological polar surface area (TPSA) is 77.5 Å². The zero-order chi connectivity index (χ0) is 27.3. The fraction of sp³-hybridized carbons (Fsp3) is 0.267. The Balaban J connectivity index is 1.50. The van der Waals surface area contributed by atoms with Gasteiger partial charge < -0.3 is 28.7 Å². The number of nitrogens with zero attached hydrogens (tertiary/aromatic N) is 2. The minimum Gasteiger partial charge on any atom is -0.496 e. The maximum Gasteiger partial charge on any atom is 0.246 e. The van der Waals surface area contributed by atoms with E-state index in [9.17, 15) is 9.59 Å². The van der Waals surface area contributed by atoms with E-state index in [0.717, 1.165) is 11.1 Å². The van der Waals surface area contributed by atoms with Gasteiger partial charge in [-0.15, -0.1) is 0 Å². The Labute approximate surface area is 224 Å². The lowest BCUT2D eigenvalue weighted by Gasteiger charge is -2.33. The molecule has 2 amide bonds. The molecule has 0 bridgehead atoms. The molecule has 0 unspecified atom stereocenters. The van der Waals surface area contributed by atoms with Crippen molar-refractivity contribution in [2.75, 3.05) is 54.6 Å². The number of carbonyl (C=O) groups excluding carboxylic acids is 2. The predicted molar refractivity (Wildman–Crippen MR) is 149 cm³/mol. The molecule has 1 fully saturated rings. The van der Waals surface area contributed by atoms with Gasteiger partial charge in [0.25, 0.3) is 0 Å². The van der Waals surface area contributed by atoms with E-state index < -0.39 is 0 Å². The van der Waals surface area contributed by atoms with Crippen LogP contribution in [-0.4, -0.2) is 76.2 Å². The van der Waals surface area contributed by atoms with E-state index in [-0.39, 0.29) is 11.8 Å². The molecule has 38 heavy (non-hydrogen) atoms. The number of methoxy groups -OCH3 is 4. The highest BCUT2D eigenvalue weighted by atomic mass is 16.5. The summed E-state index contributed by atoms with van der Waals surface area (Å²) >= 11 is 0. The number of rotatable bonds is 10. The Morgan fingerprint density at radius 2 is 0.895 bits per heavy atom. The molecule has 8 nitrogen and oxygen atoms in total. The quantitative estimate of drug-likeness (QED) is 0.346. The number of ether oxygens (including phenoxy) is 4. The van der Waals surface area contributed by atoms with Gasteiger partial charge in [0.1, 0.15) is 23.0 Å². The second-order valence-electron chi connectivity index (χ2n) is 8.24. The highest BCUT2D eigenvalue weighted by molar-refractivity contribution is 5.90. The van der Waals surface area contributed by atoms with Crippen LogP contribution in [0, 0.1) is 0 Å². The summed E-state index contributed by atoms with van der Waals surface area (Å²) in [5.41, 5.74) is 1.60. The van der Waals surface area contributed by atoms with Gasteiger partial charge >= 0.3 is 0 Å². The number of carbonyl (C=O) groups is 2. The van der Waals surface area contributed by atoms with Crippen LogP contribution in [-0.2, 0) is 9.59 Å². The van der Waals surface area contributed by atoms with Gasteiger partial charge in [0.15, 0.2) is 0 Å². The van der Waals surface area contributed by atoms with Crippen molar-refractivity contribution in [3.05, 3.63) is 84.0 Å². The van der Waals surface area contributed by atoms with E-state index in [2.05, 4.69) is 0 Å². The second kappa shape index (κ2) is 14.3. The second-order valence-corrected chi connectivity index (χ2v) is 8.24. The predicted octanol–water partition coefficient (Wildman–Crippen LogP) is 4.23. The van der Waals surface area contributed by atoms with Crippen molar-refractivity contribution < 1.29 is 28.5 Å². The lowest BCUT2D eigenvalue weighted by Crippen LogP contribution is -2.49. The van der Waals surface area contributed by atoms with Crippen molar-refractivity contribution in [2.24, 2.45) is 0 Å². The SMILES string of the molecule is COc1cccc(OC)c1/C=C/C=C/C(=O)N1CCN(C(=O)/C=C/C=C/c2c(OC)cccc2OC)CC1. The molecule has 8 heteroatoms. The van der Waals surface area contributed by atoms with Crippen molar-refractivity contribution in [1.82, 2.24) is 9.80 Å². The van der Waals surface area contributed by atoms with Crippen LogP contribution < -0.4 is 18.9 Å². The number of benzene rings is 2. The van der Waals surface area contributed by atoms with Gasteiger partial charge in [-0.05, 0) is 36.4 Å². The summed E-state index contributed by atoms with van der Waals surface area (Å²) in [7, 11) is 6.40. The molecule has 0 atom stereocenters. The molecule has 0 aliphatic carbocycles. The molecule has 0 spiro atoms. The minimum atomic E-state index is -0.0991. The highest BCUT2D eigenvalue weighted by Crippen LogP contribution is 2.30. The molecule has 1 heterocycles. The highest BCUT2D eigenvalue weighted by Gasteiger charge is 2.21. The van der Waals surface area contributed by atoms with Crippen molar-refractivity contribution in [3.63, 3.8) is 0 Å². The van der Waals surface area contributed by atoms with Crippen LogP contribution in [0.2, 0.25) is 0 Å². The molecule has 0 aromatic heterocycles. The fourth-order valence-electron chi connectivity index (χ4n) is 4.03. The van der Waals surface area contributed by atoms with Crippen LogP contribution in [0.1, 0.15) is 11.1 Å². The number of allylic oxidation sites excluding steroid dienone is 4. The summed E-state index contributed by atoms with van der Waals surface area (Å²) in [5.74, 6) is 2.54. The van der Waals surface area contributed by atoms with Crippen LogP contribution in [0.3, 0.4) is 0 Å². The van der Waals surface area contributed by atoms with Crippen LogP contribution in [0.5, 0.6) is 23.0 Å². The summed E-state index contributed by atoms with van der Waals surface area (Å²) in [5, 5.41) is 0. The molecule has 3 rings (SSSR count). The Hall–Kier alpha value is -4.46. The number of hydrogen-bond acceptors (Lipinski definition) is 6. The number of piperazine rings is 1. The van der Waals surface area contributed by atoms with Crippen molar-refractivity contribution in [2.45, 2.75) is 0 Å². The summed E-state index contributed by atoms with van der Waals surface area (Å²) < 4.78 is 21.5. The molecule has 0 saturated carbocycles. The van der Waals surface area contributed by atoms with E-state index in [1.54, 1.807) is 62.5 Å². The van der Waals surface area contributed by atoms with Crippen LogP contribution >= 0.6 is 0 Å². The molecular formula is C30H34N2O6. The van der Waals surface area contributed by atoms with Gasteiger partial charge in [0, 0.05) is 38.3 Å². The van der Waals surface area contributed by atoms with Crippen LogP contribution in [0.15, 0.2) is 72.9 Å². The Morgan fingerprint density at radius 1 is 0.579 bits per heavy atom. The third-order valence-corrected chi connectivity index (χ3v) is 6.06. The molecule has 1 aliphatic heterocycles. The Bertz CT molecular complexity index is 1080. The van der Waals surface area contributed by atoms with Gasteiger partial charge in [-0.3, -0.25) is 9.59 Å². The van der Waals surface area contributed by atoms with Crippen LogP contribution in [0.25, 0.3) is 12.2 Å². The smallest absolute Gasteiger partial charge is 0.246 e. The van der Waals surface area contributed by atoms with Gasteiger partial charge in [-0.1, -0.05) is 36.4 Å². The molecule has 2 aromatic rings. The standard InChI is InChI=1S/C30H34N2O6/c1-35-25-13-9-14-26(36-2)23(25)11-5-7-17-29(33)31-19-21-32(22-20-31)30(34)18-8-6-12-24-27(37-3)15-10-16-28(24)38-4/h5-18H,19-22H2,1-4H3/b11-5+,12-6+,17-7+,18-8+. The van der Waals surface area contributed by atoms with Gasteiger partial charge in [0.05, 0.1) is 39.6 Å². The molecule has 0 N–H and O–H groups in total. The first-order valence-corrected chi connectivity index (χ1v) is 12.2. The summed E-state index contributed by atoms with van der Waals surface area (Å²) in [6.07, 6.45) is 13.6. The van der Waals surface area contributed by atoms with Gasteiger partial charge in [-0.25, -0.2) is 0 Å². The summed E-state index contributed by atoms with van der Waals surface area (Å²) in [6.45, 7) is 1.89. The third-order valence-electron chi connectivity index (χ3n) is 6.06. The van der Waals surface area contributed by atoms with E-state index >= 15 is 0 Å². The molecule has 1 saturated heterocycles. The first kappa shape index (κ1) is 28.1. The number of amides is 2. The van der Waals surface area contributed by atoms with Crippen molar-refractivity contribution >= 4 is 24.0 Å². The lowest BCUT2D eigenvalue weighted by atomic mass is 10.1. The first-order valence-electron chi connectivity index (χ1n) is 12.2. The maximum absolute atomic E-state index is 12.6. The first-order chi connectivity index (χ1) is 18.5. The van der Waals surface area contributed by atoms with Crippen LogP contribution in [0.4, 0.5) is 0 Å². The zero-order valence-corrected chi connectivity index (χ0v) is 22.3. The van der Waals surface area contributed by atoms with E-state index in [1.165, 1.54) is 12.2 Å². The lowest BCUT2D eigenvalue weighted by molar-refractivity contribution is -0.134. The fourth-order valence-corrected chi connectivity index (χ4v) is 4.03. The molecule has 2 aromatic carbocycles. The van der Waals surface area contributed by atoms with Gasteiger partial charge in [-0.2, -0.15) is 0 Å². The zero-order valence-electron chi connectivity index (χ0n) is 22.3. The normalized spacial score (nSPS) is 14.1. The molecule has 1 aliphatic rings. The third kappa shape index (κ3) is 7.29. The van der Waals surface area contributed by atoms with E-state index in [1.807, 2.05) is 48.6 Å². The van der Waals surface area contributed by atoms with Crippen molar-refractivity contribution in [3.8, 4) is 23.0 Å². The van der Waals surface area contributed by atoms with E-state index in [4.69, 9.17) is 18.9 Å². The Morgan fingerprint density at radius 3 is 1.18 bits per heavy atom. The Kier molecular flexibility index (Phi) is 10.6. The largest absolute Gasteiger partial charge is 0.496 e. The molecule has 0 radical (unpaired) electrons. The number of hydrogen-bond donors (Lipinski definition) is 0. The molecular weight excluding hydrogens is 484 g/mol. The monoisotopic (exact) mass is 518 g/mol. The van der Waals surface area contributed by atoms with Gasteiger partial charge in [0.2, 0.25) is 11.8 Å². The van der Waals surface area contributed by atoms with Crippen molar-refractivity contribution in [1.29, 1.82) is 0 Å². The van der Waals surface area contributed by atoms with E-state index in [0.29, 0.717) is 49.2 Å². The molecule has 200 valence electrons. The minimum absolute atomic E-state index is 0.0991. The average molecular weight is 519 g/mol. The summed E-state index contributed by atoms with van der Waals surface area (Å²) in [6, 6.07) is 11.1. The maximum atomic E-state index is 12.6.